The summed E-state index contributed by atoms with van der Waals surface area (Å²) in [6, 6.07) is 0. The lowest BCUT2D eigenvalue weighted by molar-refractivity contribution is -0.161. The summed E-state index contributed by atoms with van der Waals surface area (Å²) in [5, 5.41) is 10.6. The second-order valence-electron chi connectivity index (χ2n) is 29.3. The number of hydrogen-bond donors (Lipinski definition) is 3. The lowest BCUT2D eigenvalue weighted by Gasteiger charge is -2.21. The molecule has 0 amide bonds. The molecule has 0 heterocycles. The van der Waals surface area contributed by atoms with Crippen molar-refractivity contribution >= 4 is 39.5 Å². The summed E-state index contributed by atoms with van der Waals surface area (Å²) in [7, 11) is -9.92. The third-order valence-corrected chi connectivity index (χ3v) is 20.7. The second kappa shape index (κ2) is 73.0. The van der Waals surface area contributed by atoms with Crippen LogP contribution >= 0.6 is 15.6 Å². The topological polar surface area (TPSA) is 237 Å². The summed E-state index contributed by atoms with van der Waals surface area (Å²) in [5.41, 5.74) is 0. The molecular formula is C80H156O17P2. The van der Waals surface area contributed by atoms with Crippen molar-refractivity contribution in [3.63, 3.8) is 0 Å². The average molecular weight is 1450 g/mol. The maximum Gasteiger partial charge on any atom is 0.472 e. The summed E-state index contributed by atoms with van der Waals surface area (Å²) in [6.07, 6.45) is 63.7. The van der Waals surface area contributed by atoms with Gasteiger partial charge < -0.3 is 33.8 Å². The molecular weight excluding hydrogens is 1290 g/mol. The number of unbranched alkanes of at least 4 members (excludes halogenated alkanes) is 52. The molecule has 0 aromatic rings. The summed E-state index contributed by atoms with van der Waals surface area (Å²) in [4.78, 5) is 73.0. The van der Waals surface area contributed by atoms with Gasteiger partial charge in [0.2, 0.25) is 0 Å². The molecule has 0 saturated heterocycles. The van der Waals surface area contributed by atoms with Crippen LogP contribution in [0.1, 0.15) is 426 Å². The van der Waals surface area contributed by atoms with Crippen molar-refractivity contribution in [3.05, 3.63) is 0 Å². The molecule has 0 spiro atoms. The SMILES string of the molecule is CCCCCCCCCCCCCCCCCCCC(=O)OC[C@H](COP(=O)(O)OC[C@@H](O)COP(=O)(O)OC[C@@H](COC(=O)CCCCCCCCCCCC(C)C)OC(=O)CCCCCCCCCCCCCCC)OC(=O)CCCCCCCCCCCCCCCCCCC. The van der Waals surface area contributed by atoms with Crippen LogP contribution in [0.15, 0.2) is 0 Å². The number of ether oxygens (including phenoxy) is 4. The summed E-state index contributed by atoms with van der Waals surface area (Å²) in [5.74, 6) is -1.36. The van der Waals surface area contributed by atoms with Gasteiger partial charge in [0.25, 0.3) is 0 Å². The van der Waals surface area contributed by atoms with Crippen LogP contribution in [-0.4, -0.2) is 96.7 Å². The summed E-state index contributed by atoms with van der Waals surface area (Å²) >= 11 is 0. The molecule has 0 rings (SSSR count). The van der Waals surface area contributed by atoms with Crippen molar-refractivity contribution in [1.29, 1.82) is 0 Å². The number of rotatable bonds is 80. The lowest BCUT2D eigenvalue weighted by Crippen LogP contribution is -2.30. The Labute approximate surface area is 607 Å². The van der Waals surface area contributed by atoms with E-state index in [0.29, 0.717) is 25.7 Å². The molecule has 0 radical (unpaired) electrons. The van der Waals surface area contributed by atoms with Gasteiger partial charge in [0.1, 0.15) is 19.3 Å². The first kappa shape index (κ1) is 97.1. The molecule has 17 nitrogen and oxygen atoms in total. The maximum absolute atomic E-state index is 13.1. The van der Waals surface area contributed by atoms with Crippen LogP contribution in [0.5, 0.6) is 0 Å². The minimum Gasteiger partial charge on any atom is -0.462 e. The van der Waals surface area contributed by atoms with Gasteiger partial charge in [-0.3, -0.25) is 37.3 Å². The first-order valence-corrected chi connectivity index (χ1v) is 44.6. The van der Waals surface area contributed by atoms with Gasteiger partial charge >= 0.3 is 39.5 Å². The van der Waals surface area contributed by atoms with Gasteiger partial charge in [0, 0.05) is 25.7 Å². The highest BCUT2D eigenvalue weighted by molar-refractivity contribution is 7.47. The molecule has 588 valence electrons. The zero-order valence-corrected chi connectivity index (χ0v) is 66.4. The molecule has 0 fully saturated rings. The minimum atomic E-state index is -4.96. The number of aliphatic hydroxyl groups is 1. The zero-order valence-electron chi connectivity index (χ0n) is 64.6. The van der Waals surface area contributed by atoms with Gasteiger partial charge in [-0.25, -0.2) is 9.13 Å². The smallest absolute Gasteiger partial charge is 0.462 e. The molecule has 2 unspecified atom stereocenters. The van der Waals surface area contributed by atoms with Crippen molar-refractivity contribution in [2.75, 3.05) is 39.6 Å². The van der Waals surface area contributed by atoms with Gasteiger partial charge in [0.05, 0.1) is 26.4 Å². The summed E-state index contributed by atoms with van der Waals surface area (Å²) in [6.45, 7) is 7.31. The van der Waals surface area contributed by atoms with E-state index in [1.165, 1.54) is 250 Å². The Kier molecular flexibility index (Phi) is 71.6. The molecule has 0 saturated carbocycles. The Bertz CT molecular complexity index is 1890. The standard InChI is InChI=1S/C80H156O17P2/c1-6-9-12-15-18-21-24-27-29-31-33-36-38-43-48-53-58-63-77(82)90-69-75(96-80(85)66-61-56-51-45-40-37-34-32-30-28-25-22-19-16-13-10-7-2)71-94-98(86,87)92-67-74(81)68-93-99(88,89)95-72-76(70-91-78(83)64-59-54-49-46-41-42-47-52-57-62-73(4)5)97-79(84)65-60-55-50-44-39-35-26-23-20-17-14-11-8-3/h73-76,81H,6-72H2,1-5H3,(H,86,87)(H,88,89)/t74-,75-,76-/m1/s1. The van der Waals surface area contributed by atoms with Crippen LogP contribution < -0.4 is 0 Å². The largest absolute Gasteiger partial charge is 0.472 e. The van der Waals surface area contributed by atoms with Gasteiger partial charge in [-0.1, -0.05) is 375 Å². The zero-order chi connectivity index (χ0) is 72.7. The van der Waals surface area contributed by atoms with Crippen molar-refractivity contribution in [2.45, 2.75) is 445 Å². The molecule has 0 aliphatic rings. The molecule has 0 bridgehead atoms. The molecule has 3 N–H and O–H groups in total. The van der Waals surface area contributed by atoms with E-state index in [2.05, 4.69) is 34.6 Å². The van der Waals surface area contributed by atoms with Gasteiger partial charge in [-0.15, -0.1) is 0 Å². The van der Waals surface area contributed by atoms with E-state index < -0.39 is 97.5 Å². The van der Waals surface area contributed by atoms with Crippen LogP contribution in [-0.2, 0) is 65.4 Å². The van der Waals surface area contributed by atoms with E-state index in [4.69, 9.17) is 37.0 Å². The van der Waals surface area contributed by atoms with Crippen molar-refractivity contribution in [1.82, 2.24) is 0 Å². The first-order chi connectivity index (χ1) is 48.0. The monoisotopic (exact) mass is 1450 g/mol. The molecule has 0 aromatic carbocycles. The molecule has 0 aliphatic heterocycles. The van der Waals surface area contributed by atoms with E-state index in [-0.39, 0.29) is 25.7 Å². The number of carbonyl (C=O) groups excluding carboxylic acids is 4. The van der Waals surface area contributed by atoms with Crippen molar-refractivity contribution in [3.8, 4) is 0 Å². The molecule has 5 atom stereocenters. The highest BCUT2D eigenvalue weighted by Crippen LogP contribution is 2.45. The van der Waals surface area contributed by atoms with E-state index in [1.807, 2.05) is 0 Å². The van der Waals surface area contributed by atoms with Gasteiger partial charge in [-0.2, -0.15) is 0 Å². The fraction of sp³-hybridized carbons (Fsp3) is 0.950. The fourth-order valence-corrected chi connectivity index (χ4v) is 14.0. The Morgan fingerprint density at radius 2 is 0.465 bits per heavy atom. The number of phosphoric ester groups is 2. The fourth-order valence-electron chi connectivity index (χ4n) is 12.4. The second-order valence-corrected chi connectivity index (χ2v) is 32.2. The van der Waals surface area contributed by atoms with Crippen LogP contribution in [0.2, 0.25) is 0 Å². The maximum atomic E-state index is 13.1. The van der Waals surface area contributed by atoms with E-state index in [0.717, 1.165) is 95.8 Å². The van der Waals surface area contributed by atoms with Gasteiger partial charge in [0.15, 0.2) is 12.2 Å². The summed E-state index contributed by atoms with van der Waals surface area (Å²) < 4.78 is 68.7. The molecule has 19 heteroatoms. The highest BCUT2D eigenvalue weighted by Gasteiger charge is 2.30. The third kappa shape index (κ3) is 74.1. The minimum absolute atomic E-state index is 0.108. The van der Waals surface area contributed by atoms with Crippen molar-refractivity contribution < 1.29 is 80.2 Å². The Morgan fingerprint density at radius 1 is 0.273 bits per heavy atom. The third-order valence-electron chi connectivity index (χ3n) is 18.8. The number of phosphoric acid groups is 2. The predicted molar refractivity (Wildman–Crippen MR) is 405 cm³/mol. The molecule has 0 aliphatic carbocycles. The van der Waals surface area contributed by atoms with Crippen LogP contribution in [0.25, 0.3) is 0 Å². The quantitative estimate of drug-likeness (QED) is 0.0222. The average Bonchev–Trinajstić information content (AvgIpc) is 1.07. The normalized spacial score (nSPS) is 13.9. The first-order valence-electron chi connectivity index (χ1n) is 41.6. The Balaban J connectivity index is 5.25. The molecule has 0 aromatic heterocycles. The number of esters is 4. The van der Waals surface area contributed by atoms with Crippen LogP contribution in [0, 0.1) is 5.92 Å². The molecule has 99 heavy (non-hydrogen) atoms. The van der Waals surface area contributed by atoms with E-state index in [9.17, 15) is 43.2 Å². The Morgan fingerprint density at radius 3 is 0.687 bits per heavy atom. The van der Waals surface area contributed by atoms with E-state index in [1.54, 1.807) is 0 Å². The number of hydrogen-bond acceptors (Lipinski definition) is 15. The van der Waals surface area contributed by atoms with Crippen LogP contribution in [0.3, 0.4) is 0 Å². The van der Waals surface area contributed by atoms with Gasteiger partial charge in [-0.05, 0) is 31.6 Å². The number of carbonyl (C=O) groups is 4. The van der Waals surface area contributed by atoms with E-state index >= 15 is 0 Å². The highest BCUT2D eigenvalue weighted by atomic mass is 31.2. The van der Waals surface area contributed by atoms with Crippen LogP contribution in [0.4, 0.5) is 0 Å². The lowest BCUT2D eigenvalue weighted by atomic mass is 10.0. The number of aliphatic hydroxyl groups excluding tert-OH is 1. The predicted octanol–water partition coefficient (Wildman–Crippen LogP) is 24.0. The Hall–Kier alpha value is -1.94. The van der Waals surface area contributed by atoms with Crippen molar-refractivity contribution in [2.24, 2.45) is 5.92 Å².